The number of carbonyl (C=O) groups excluding carboxylic acids is 1. The van der Waals surface area contributed by atoms with E-state index in [1.54, 1.807) is 24.8 Å². The molecule has 0 unspecified atom stereocenters. The van der Waals surface area contributed by atoms with Crippen LogP contribution in [-0.4, -0.2) is 41.0 Å². The number of hydrogen-bond donors (Lipinski definition) is 3. The Morgan fingerprint density at radius 2 is 1.86 bits per heavy atom. The molecule has 37 heavy (non-hydrogen) atoms. The van der Waals surface area contributed by atoms with Crippen LogP contribution >= 0.6 is 0 Å². The third-order valence-electron chi connectivity index (χ3n) is 6.91. The van der Waals surface area contributed by atoms with Crippen molar-refractivity contribution in [3.05, 3.63) is 73.3 Å². The van der Waals surface area contributed by atoms with Crippen molar-refractivity contribution in [2.45, 2.75) is 19.3 Å². The predicted molar refractivity (Wildman–Crippen MR) is 141 cm³/mol. The number of pyridine rings is 3. The molecule has 1 saturated carbocycles. The van der Waals surface area contributed by atoms with Gasteiger partial charge in [-0.1, -0.05) is 18.6 Å². The number of rotatable bonds is 5. The summed E-state index contributed by atoms with van der Waals surface area (Å²) in [6.45, 7) is 0. The number of benzene rings is 1. The highest BCUT2D eigenvalue weighted by Crippen LogP contribution is 2.33. The fraction of sp³-hybridized carbons (Fsp3) is 0.143. The lowest BCUT2D eigenvalue weighted by atomic mass is 9.85. The first-order chi connectivity index (χ1) is 18.2. The number of aromatic amines is 2. The molecule has 9 heteroatoms. The van der Waals surface area contributed by atoms with Crippen LogP contribution < -0.4 is 5.32 Å². The van der Waals surface area contributed by atoms with E-state index in [1.165, 1.54) is 0 Å². The van der Waals surface area contributed by atoms with Crippen molar-refractivity contribution >= 4 is 33.5 Å². The van der Waals surface area contributed by atoms with Gasteiger partial charge in [-0.15, -0.1) is 0 Å². The molecule has 1 aliphatic carbocycles. The Morgan fingerprint density at radius 3 is 2.70 bits per heavy atom. The fourth-order valence-electron chi connectivity index (χ4n) is 4.69. The molecule has 1 aromatic carbocycles. The van der Waals surface area contributed by atoms with Gasteiger partial charge in [-0.3, -0.25) is 24.8 Å². The van der Waals surface area contributed by atoms with Gasteiger partial charge in [0.2, 0.25) is 5.91 Å². The molecule has 9 nitrogen and oxygen atoms in total. The van der Waals surface area contributed by atoms with Crippen molar-refractivity contribution in [2.75, 3.05) is 5.32 Å². The predicted octanol–water partition coefficient (Wildman–Crippen LogP) is 5.36. The topological polar surface area (TPSA) is 125 Å². The minimum absolute atomic E-state index is 0.0715. The molecule has 0 atom stereocenters. The van der Waals surface area contributed by atoms with Crippen LogP contribution in [0.15, 0.2) is 73.3 Å². The molecule has 180 valence electrons. The Morgan fingerprint density at radius 1 is 0.919 bits per heavy atom. The number of imidazole rings is 1. The first-order valence-electron chi connectivity index (χ1n) is 12.2. The Labute approximate surface area is 211 Å². The number of anilines is 1. The summed E-state index contributed by atoms with van der Waals surface area (Å²) in [5.41, 5.74) is 7.26. The molecule has 1 aliphatic rings. The second-order valence-electron chi connectivity index (χ2n) is 9.27. The van der Waals surface area contributed by atoms with E-state index >= 15 is 0 Å². The van der Waals surface area contributed by atoms with Gasteiger partial charge in [0, 0.05) is 35.5 Å². The molecule has 7 rings (SSSR count). The van der Waals surface area contributed by atoms with Crippen LogP contribution in [0.25, 0.3) is 56.0 Å². The summed E-state index contributed by atoms with van der Waals surface area (Å²) in [6.07, 6.45) is 10.0. The van der Waals surface area contributed by atoms with Crippen molar-refractivity contribution < 1.29 is 4.79 Å². The largest absolute Gasteiger partial charge is 0.336 e. The molecule has 0 bridgehead atoms. The number of aromatic nitrogens is 7. The summed E-state index contributed by atoms with van der Waals surface area (Å²) in [6, 6.07) is 15.6. The monoisotopic (exact) mass is 486 g/mol. The maximum absolute atomic E-state index is 12.4. The molecule has 0 saturated heterocycles. The molecule has 0 spiro atoms. The fourth-order valence-corrected chi connectivity index (χ4v) is 4.69. The zero-order valence-corrected chi connectivity index (χ0v) is 19.8. The van der Waals surface area contributed by atoms with Crippen LogP contribution in [0.2, 0.25) is 0 Å². The van der Waals surface area contributed by atoms with Crippen molar-refractivity contribution in [1.82, 2.24) is 35.1 Å². The average molecular weight is 487 g/mol. The number of carbonyl (C=O) groups is 1. The van der Waals surface area contributed by atoms with Crippen LogP contribution in [0.4, 0.5) is 5.69 Å². The smallest absolute Gasteiger partial charge is 0.227 e. The lowest BCUT2D eigenvalue weighted by Crippen LogP contribution is -2.28. The van der Waals surface area contributed by atoms with Crippen LogP contribution in [0, 0.1) is 5.92 Å². The van der Waals surface area contributed by atoms with E-state index in [1.807, 2.05) is 42.5 Å². The molecule has 1 amide bonds. The van der Waals surface area contributed by atoms with E-state index in [0.29, 0.717) is 22.9 Å². The number of nitrogens with one attached hydrogen (secondary N) is 3. The maximum Gasteiger partial charge on any atom is 0.227 e. The standard InChI is InChI=1S/C28H22N8O/c37-28(16-4-3-5-16)32-19-12-18(14-29-15-19)17-7-8-21-20(13-17)24(36-35-21)27-33-23-9-11-31-25(26(23)34-27)22-6-1-2-10-30-22/h1-2,6-16H,3-5H2,(H,32,37)(H,33,34)(H,35,36). The summed E-state index contributed by atoms with van der Waals surface area (Å²) in [5.74, 6) is 0.830. The van der Waals surface area contributed by atoms with Crippen LogP contribution in [0.1, 0.15) is 19.3 Å². The summed E-state index contributed by atoms with van der Waals surface area (Å²) >= 11 is 0. The molecule has 5 aromatic heterocycles. The van der Waals surface area contributed by atoms with E-state index in [4.69, 9.17) is 4.98 Å². The number of H-pyrrole nitrogens is 2. The zero-order chi connectivity index (χ0) is 24.8. The lowest BCUT2D eigenvalue weighted by Gasteiger charge is -2.24. The van der Waals surface area contributed by atoms with E-state index in [0.717, 1.165) is 58.0 Å². The number of nitrogens with zero attached hydrogens (tertiary/aromatic N) is 5. The third kappa shape index (κ3) is 3.81. The Balaban J connectivity index is 1.26. The van der Waals surface area contributed by atoms with Gasteiger partial charge in [0.15, 0.2) is 5.82 Å². The highest BCUT2D eigenvalue weighted by molar-refractivity contribution is 5.98. The van der Waals surface area contributed by atoms with Gasteiger partial charge in [-0.2, -0.15) is 5.10 Å². The van der Waals surface area contributed by atoms with Gasteiger partial charge >= 0.3 is 0 Å². The highest BCUT2D eigenvalue weighted by atomic mass is 16.1. The molecule has 5 heterocycles. The SMILES string of the molecule is O=C(Nc1cncc(-c2ccc3[nH]nc(-c4nc5c(-c6ccccn6)nccc5[nH]4)c3c2)c1)C1CCC1. The van der Waals surface area contributed by atoms with Crippen LogP contribution in [0.3, 0.4) is 0 Å². The van der Waals surface area contributed by atoms with E-state index < -0.39 is 0 Å². The van der Waals surface area contributed by atoms with E-state index in [-0.39, 0.29) is 11.8 Å². The number of fused-ring (bicyclic) bond motifs is 2. The summed E-state index contributed by atoms with van der Waals surface area (Å²) in [5, 5.41) is 11.6. The molecular weight excluding hydrogens is 464 g/mol. The van der Waals surface area contributed by atoms with Gasteiger partial charge in [0.05, 0.1) is 28.6 Å². The summed E-state index contributed by atoms with van der Waals surface area (Å²) in [4.78, 5) is 34.0. The first-order valence-corrected chi connectivity index (χ1v) is 12.2. The van der Waals surface area contributed by atoms with Crippen molar-refractivity contribution in [3.63, 3.8) is 0 Å². The van der Waals surface area contributed by atoms with E-state index in [9.17, 15) is 4.79 Å². The molecular formula is C28H22N8O. The summed E-state index contributed by atoms with van der Waals surface area (Å²) < 4.78 is 0. The van der Waals surface area contributed by atoms with Crippen molar-refractivity contribution in [3.8, 4) is 34.0 Å². The van der Waals surface area contributed by atoms with Gasteiger partial charge in [-0.25, -0.2) is 4.98 Å². The normalized spacial score (nSPS) is 13.6. The van der Waals surface area contributed by atoms with Crippen molar-refractivity contribution in [1.29, 1.82) is 0 Å². The molecule has 1 fully saturated rings. The van der Waals surface area contributed by atoms with Crippen LogP contribution in [0.5, 0.6) is 0 Å². The average Bonchev–Trinajstić information content (AvgIpc) is 3.52. The second kappa shape index (κ2) is 8.63. The number of amides is 1. The quantitative estimate of drug-likeness (QED) is 0.301. The molecule has 0 aliphatic heterocycles. The van der Waals surface area contributed by atoms with Crippen molar-refractivity contribution in [2.24, 2.45) is 5.92 Å². The number of hydrogen-bond acceptors (Lipinski definition) is 6. The highest BCUT2D eigenvalue weighted by Gasteiger charge is 2.25. The van der Waals surface area contributed by atoms with Gasteiger partial charge in [0.1, 0.15) is 16.9 Å². The Hall–Kier alpha value is -4.92. The lowest BCUT2D eigenvalue weighted by molar-refractivity contribution is -0.122. The maximum atomic E-state index is 12.4. The summed E-state index contributed by atoms with van der Waals surface area (Å²) in [7, 11) is 0. The Kier molecular flexibility index (Phi) is 4.99. The molecule has 6 aromatic rings. The van der Waals surface area contributed by atoms with Crippen LogP contribution in [-0.2, 0) is 4.79 Å². The first kappa shape index (κ1) is 21.4. The molecule has 0 radical (unpaired) electrons. The van der Waals surface area contributed by atoms with Gasteiger partial charge in [-0.05, 0) is 54.8 Å². The zero-order valence-electron chi connectivity index (χ0n) is 19.8. The van der Waals surface area contributed by atoms with Gasteiger partial charge in [0.25, 0.3) is 0 Å². The molecule has 3 N–H and O–H groups in total. The third-order valence-corrected chi connectivity index (χ3v) is 6.91. The Bertz CT molecular complexity index is 1770. The minimum Gasteiger partial charge on any atom is -0.336 e. The van der Waals surface area contributed by atoms with Gasteiger partial charge < -0.3 is 10.3 Å². The minimum atomic E-state index is 0.0715. The van der Waals surface area contributed by atoms with E-state index in [2.05, 4.69) is 41.5 Å². The second-order valence-corrected chi connectivity index (χ2v) is 9.27.